The fraction of sp³-hybridized carbons (Fsp3) is 0.308. The van der Waals surface area contributed by atoms with Crippen LogP contribution in [-0.4, -0.2) is 27.2 Å². The van der Waals surface area contributed by atoms with Crippen molar-refractivity contribution >= 4 is 22.6 Å². The molecule has 0 aliphatic carbocycles. The SMILES string of the molecule is COC(=O)[C@H](C)[C@H](C)n1c(=O)[nH]/c(=N\c2ccc3oc(C)cc3c2)n(Cc2ccc(C)cc2)c1=O. The molecule has 0 spiro atoms. The topological polar surface area (TPSA) is 112 Å². The van der Waals surface area contributed by atoms with Gasteiger partial charge in [0.15, 0.2) is 0 Å². The molecule has 0 fully saturated rings. The number of carbonyl (C=O) groups excluding carboxylic acids is 1. The molecule has 0 saturated carbocycles. The first-order valence-corrected chi connectivity index (χ1v) is 11.3. The number of hydrogen-bond donors (Lipinski definition) is 1. The van der Waals surface area contributed by atoms with Crippen LogP contribution in [-0.2, 0) is 16.1 Å². The molecule has 4 aromatic rings. The zero-order valence-electron chi connectivity index (χ0n) is 20.4. The van der Waals surface area contributed by atoms with Crippen molar-refractivity contribution in [3.05, 3.63) is 92.0 Å². The second kappa shape index (κ2) is 9.61. The maximum absolute atomic E-state index is 13.6. The number of hydrogen-bond acceptors (Lipinski definition) is 6. The van der Waals surface area contributed by atoms with Gasteiger partial charge in [0.1, 0.15) is 11.3 Å². The van der Waals surface area contributed by atoms with Crippen LogP contribution in [0.4, 0.5) is 5.69 Å². The number of nitrogens with zero attached hydrogens (tertiary/aromatic N) is 3. The van der Waals surface area contributed by atoms with Gasteiger partial charge in [0.25, 0.3) is 0 Å². The average Bonchev–Trinajstić information content (AvgIpc) is 3.20. The van der Waals surface area contributed by atoms with Crippen molar-refractivity contribution in [3.63, 3.8) is 0 Å². The summed E-state index contributed by atoms with van der Waals surface area (Å²) < 4.78 is 12.9. The summed E-state index contributed by atoms with van der Waals surface area (Å²) in [5.41, 5.74) is 2.11. The van der Waals surface area contributed by atoms with Gasteiger partial charge in [-0.2, -0.15) is 0 Å². The quantitative estimate of drug-likeness (QED) is 0.429. The largest absolute Gasteiger partial charge is 0.469 e. The summed E-state index contributed by atoms with van der Waals surface area (Å²) in [6.45, 7) is 7.28. The first-order valence-electron chi connectivity index (χ1n) is 11.3. The van der Waals surface area contributed by atoms with Gasteiger partial charge in [0.05, 0.1) is 31.3 Å². The molecule has 9 heteroatoms. The van der Waals surface area contributed by atoms with Gasteiger partial charge < -0.3 is 9.15 Å². The number of aryl methyl sites for hydroxylation is 2. The van der Waals surface area contributed by atoms with Gasteiger partial charge in [-0.3, -0.25) is 14.3 Å². The van der Waals surface area contributed by atoms with Gasteiger partial charge in [-0.15, -0.1) is 0 Å². The van der Waals surface area contributed by atoms with Crippen LogP contribution >= 0.6 is 0 Å². The second-order valence-electron chi connectivity index (χ2n) is 8.72. The Morgan fingerprint density at radius 3 is 2.49 bits per heavy atom. The van der Waals surface area contributed by atoms with E-state index in [0.29, 0.717) is 5.69 Å². The lowest BCUT2D eigenvalue weighted by atomic mass is 10.0. The fourth-order valence-electron chi connectivity index (χ4n) is 3.96. The standard InChI is InChI=1S/C26H28N4O5/c1-15-6-8-19(9-7-15)14-29-24(27-21-10-11-22-20(13-21)12-16(2)35-22)28-25(32)30(26(29)33)18(4)17(3)23(31)34-5/h6-13,17-18H,14H2,1-5H3,(H,27,28,32)/t17-,18+/m1/s1. The van der Waals surface area contributed by atoms with Crippen LogP contribution in [0, 0.1) is 19.8 Å². The summed E-state index contributed by atoms with van der Waals surface area (Å²) in [5, 5.41) is 0.866. The van der Waals surface area contributed by atoms with Crippen molar-refractivity contribution in [1.82, 2.24) is 14.1 Å². The van der Waals surface area contributed by atoms with Crippen molar-refractivity contribution in [1.29, 1.82) is 0 Å². The van der Waals surface area contributed by atoms with Gasteiger partial charge in [0, 0.05) is 5.39 Å². The number of H-pyrrole nitrogens is 1. The Morgan fingerprint density at radius 2 is 1.80 bits per heavy atom. The van der Waals surface area contributed by atoms with Crippen molar-refractivity contribution in [2.24, 2.45) is 10.9 Å². The van der Waals surface area contributed by atoms with Crippen LogP contribution < -0.4 is 17.0 Å². The van der Waals surface area contributed by atoms with Crippen molar-refractivity contribution in [2.45, 2.75) is 40.3 Å². The minimum Gasteiger partial charge on any atom is -0.469 e. The molecule has 0 unspecified atom stereocenters. The molecule has 1 N–H and O–H groups in total. The molecule has 35 heavy (non-hydrogen) atoms. The maximum Gasteiger partial charge on any atom is 0.335 e. The predicted octanol–water partition coefficient (Wildman–Crippen LogP) is 3.35. The number of carbonyl (C=O) groups is 1. The normalized spacial score (nSPS) is 13.7. The Morgan fingerprint density at radius 1 is 1.09 bits per heavy atom. The molecular formula is C26H28N4O5. The number of benzene rings is 2. The number of nitrogens with one attached hydrogen (secondary N) is 1. The molecule has 0 radical (unpaired) electrons. The molecule has 0 amide bonds. The molecule has 0 bridgehead atoms. The average molecular weight is 477 g/mol. The zero-order chi connectivity index (χ0) is 25.3. The van der Waals surface area contributed by atoms with Gasteiger partial charge in [-0.25, -0.2) is 19.1 Å². The van der Waals surface area contributed by atoms with E-state index in [0.717, 1.165) is 32.4 Å². The lowest BCUT2D eigenvalue weighted by Crippen LogP contribution is -2.52. The van der Waals surface area contributed by atoms with E-state index in [4.69, 9.17) is 9.15 Å². The lowest BCUT2D eigenvalue weighted by Gasteiger charge is -2.20. The number of rotatable bonds is 6. The minimum absolute atomic E-state index is 0.106. The molecule has 9 nitrogen and oxygen atoms in total. The van der Waals surface area contributed by atoms with Crippen LogP contribution in [0.15, 0.2) is 67.5 Å². The third-order valence-corrected chi connectivity index (χ3v) is 6.15. The van der Waals surface area contributed by atoms with Gasteiger partial charge in [0.2, 0.25) is 5.62 Å². The second-order valence-corrected chi connectivity index (χ2v) is 8.72. The number of aromatic nitrogens is 3. The molecule has 4 rings (SSSR count). The molecule has 0 aliphatic rings. The highest BCUT2D eigenvalue weighted by molar-refractivity contribution is 5.81. The Hall–Kier alpha value is -4.14. The molecule has 0 aliphatic heterocycles. The van der Waals surface area contributed by atoms with Crippen molar-refractivity contribution in [2.75, 3.05) is 7.11 Å². The molecule has 182 valence electrons. The Bertz CT molecular complexity index is 1570. The van der Waals surface area contributed by atoms with E-state index in [1.807, 2.05) is 50.2 Å². The Kier molecular flexibility index (Phi) is 6.59. The highest BCUT2D eigenvalue weighted by atomic mass is 16.5. The monoisotopic (exact) mass is 476 g/mol. The number of furan rings is 1. The minimum atomic E-state index is -0.734. The summed E-state index contributed by atoms with van der Waals surface area (Å²) in [5.74, 6) is -0.441. The predicted molar refractivity (Wildman–Crippen MR) is 132 cm³/mol. The Labute approximate surface area is 201 Å². The highest BCUT2D eigenvalue weighted by Crippen LogP contribution is 2.23. The summed E-state index contributed by atoms with van der Waals surface area (Å²) in [4.78, 5) is 46.1. The van der Waals surface area contributed by atoms with Crippen molar-refractivity contribution < 1.29 is 13.9 Å². The first kappa shape index (κ1) is 24.0. The summed E-state index contributed by atoms with van der Waals surface area (Å²) in [7, 11) is 1.27. The number of esters is 1. The van der Waals surface area contributed by atoms with E-state index in [1.54, 1.807) is 26.0 Å². The first-order chi connectivity index (χ1) is 16.7. The molecule has 2 aromatic carbocycles. The molecule has 2 heterocycles. The van der Waals surface area contributed by atoms with E-state index in [-0.39, 0.29) is 12.2 Å². The van der Waals surface area contributed by atoms with Crippen LogP contribution in [0.1, 0.15) is 36.8 Å². The van der Waals surface area contributed by atoms with Gasteiger partial charge >= 0.3 is 17.3 Å². The van der Waals surface area contributed by atoms with E-state index >= 15 is 0 Å². The molecular weight excluding hydrogens is 448 g/mol. The highest BCUT2D eigenvalue weighted by Gasteiger charge is 2.26. The van der Waals surface area contributed by atoms with Crippen LogP contribution in [0.2, 0.25) is 0 Å². The third kappa shape index (κ3) is 4.89. The third-order valence-electron chi connectivity index (χ3n) is 6.15. The number of ether oxygens (including phenoxy) is 1. The number of fused-ring (bicyclic) bond motifs is 1. The molecule has 2 aromatic heterocycles. The Balaban J connectivity index is 1.91. The van der Waals surface area contributed by atoms with E-state index < -0.39 is 29.3 Å². The summed E-state index contributed by atoms with van der Waals surface area (Å²) in [6.07, 6.45) is 0. The summed E-state index contributed by atoms with van der Waals surface area (Å²) in [6, 6.07) is 14.3. The maximum atomic E-state index is 13.6. The molecule has 2 atom stereocenters. The van der Waals surface area contributed by atoms with Crippen molar-refractivity contribution in [3.8, 4) is 0 Å². The fourth-order valence-corrected chi connectivity index (χ4v) is 3.96. The van der Waals surface area contributed by atoms with E-state index in [1.165, 1.54) is 11.7 Å². The van der Waals surface area contributed by atoms with Crippen LogP contribution in [0.3, 0.4) is 0 Å². The van der Waals surface area contributed by atoms with Gasteiger partial charge in [-0.05, 0) is 57.5 Å². The zero-order valence-corrected chi connectivity index (χ0v) is 20.4. The summed E-state index contributed by atoms with van der Waals surface area (Å²) >= 11 is 0. The van der Waals surface area contributed by atoms with E-state index in [9.17, 15) is 14.4 Å². The smallest absolute Gasteiger partial charge is 0.335 e. The number of methoxy groups -OCH3 is 1. The number of aromatic amines is 1. The van der Waals surface area contributed by atoms with E-state index in [2.05, 4.69) is 9.98 Å². The van der Waals surface area contributed by atoms with Gasteiger partial charge in [-0.1, -0.05) is 29.8 Å². The van der Waals surface area contributed by atoms with Crippen LogP contribution in [0.25, 0.3) is 11.0 Å². The molecule has 0 saturated heterocycles. The lowest BCUT2D eigenvalue weighted by molar-refractivity contribution is -0.146. The van der Waals surface area contributed by atoms with Crippen LogP contribution in [0.5, 0.6) is 0 Å².